The van der Waals surface area contributed by atoms with Crippen LogP contribution in [0, 0.1) is 0 Å². The normalized spacial score (nSPS) is 35.4. The standard InChI is InChI=1S/C11H18N4O9/c1-3(17)13-5-7(20)9(14-15-12)11(23,10(21)22)24-8(5)6(19)4(18)2-16/h4-9,16,18-20,23H,2H2,1H3,(H,13,17)(H,21,22)/t4-,5-,6-,7-,8-,9?,11?/m1/s1. The van der Waals surface area contributed by atoms with Crippen molar-refractivity contribution in [2.24, 2.45) is 5.11 Å². The summed E-state index contributed by atoms with van der Waals surface area (Å²) in [5.74, 6) is -5.99. The predicted octanol–water partition coefficient (Wildman–Crippen LogP) is -3.58. The van der Waals surface area contributed by atoms with Gasteiger partial charge in [0, 0.05) is 11.8 Å². The number of carboxylic acids is 1. The number of amides is 1. The number of rotatable bonds is 6. The second-order valence-corrected chi connectivity index (χ2v) is 5.19. The number of hydrogen-bond donors (Lipinski definition) is 7. The first-order valence-electron chi connectivity index (χ1n) is 6.70. The Hall–Kier alpha value is -1.99. The molecule has 0 bridgehead atoms. The smallest absolute Gasteiger partial charge is 0.364 e. The highest BCUT2D eigenvalue weighted by atomic mass is 16.7. The molecule has 1 amide bonds. The lowest BCUT2D eigenvalue weighted by Crippen LogP contribution is -2.73. The maximum atomic E-state index is 11.3. The highest BCUT2D eigenvalue weighted by Crippen LogP contribution is 2.33. The van der Waals surface area contributed by atoms with Gasteiger partial charge >= 0.3 is 5.97 Å². The van der Waals surface area contributed by atoms with E-state index in [1.54, 1.807) is 0 Å². The van der Waals surface area contributed by atoms with Gasteiger partial charge in [-0.15, -0.1) is 0 Å². The van der Waals surface area contributed by atoms with Gasteiger partial charge in [-0.25, -0.2) is 4.79 Å². The fourth-order valence-corrected chi connectivity index (χ4v) is 2.36. The first kappa shape index (κ1) is 20.1. The molecule has 0 aliphatic carbocycles. The Morgan fingerprint density at radius 1 is 1.46 bits per heavy atom. The Labute approximate surface area is 134 Å². The average molecular weight is 350 g/mol. The van der Waals surface area contributed by atoms with E-state index in [0.29, 0.717) is 0 Å². The van der Waals surface area contributed by atoms with Crippen LogP contribution in [0.1, 0.15) is 6.92 Å². The highest BCUT2D eigenvalue weighted by Gasteiger charge is 2.60. The second-order valence-electron chi connectivity index (χ2n) is 5.19. The summed E-state index contributed by atoms with van der Waals surface area (Å²) in [6.45, 7) is 0.0917. The van der Waals surface area contributed by atoms with E-state index in [4.69, 9.17) is 20.5 Å². The van der Waals surface area contributed by atoms with Gasteiger partial charge < -0.3 is 40.7 Å². The molecule has 7 N–H and O–H groups in total. The third-order valence-electron chi connectivity index (χ3n) is 3.53. The van der Waals surface area contributed by atoms with E-state index in [1.807, 2.05) is 0 Å². The monoisotopic (exact) mass is 350 g/mol. The lowest BCUT2D eigenvalue weighted by molar-refractivity contribution is -0.302. The van der Waals surface area contributed by atoms with Crippen LogP contribution < -0.4 is 5.32 Å². The van der Waals surface area contributed by atoms with Crippen LogP contribution in [0.5, 0.6) is 0 Å². The van der Waals surface area contributed by atoms with Crippen LogP contribution in [-0.4, -0.2) is 91.4 Å². The SMILES string of the molecule is CC(=O)N[C@H]1[C@H]([C@H](O)[C@H](O)CO)OC(O)(C(=O)O)C(N=[N+]=[N-])[C@@H]1O. The summed E-state index contributed by atoms with van der Waals surface area (Å²) in [5.41, 5.74) is 8.50. The molecule has 1 saturated heterocycles. The van der Waals surface area contributed by atoms with E-state index in [2.05, 4.69) is 15.3 Å². The van der Waals surface area contributed by atoms with Crippen molar-refractivity contribution in [3.8, 4) is 0 Å². The van der Waals surface area contributed by atoms with Crippen molar-refractivity contribution in [3.63, 3.8) is 0 Å². The average Bonchev–Trinajstić information content (AvgIpc) is 2.52. The predicted molar refractivity (Wildman–Crippen MR) is 73.1 cm³/mol. The van der Waals surface area contributed by atoms with Crippen molar-refractivity contribution in [2.75, 3.05) is 6.61 Å². The number of hydrogen-bond acceptors (Lipinski definition) is 9. The number of carbonyl (C=O) groups is 2. The molecule has 0 radical (unpaired) electrons. The first-order chi connectivity index (χ1) is 11.1. The van der Waals surface area contributed by atoms with E-state index < -0.39 is 60.8 Å². The molecule has 0 aromatic heterocycles. The van der Waals surface area contributed by atoms with Gasteiger partial charge in [0.15, 0.2) is 0 Å². The molecule has 7 atom stereocenters. The minimum Gasteiger partial charge on any atom is -0.477 e. The van der Waals surface area contributed by atoms with Crippen LogP contribution in [-0.2, 0) is 14.3 Å². The van der Waals surface area contributed by atoms with Gasteiger partial charge in [0.05, 0.1) is 18.8 Å². The summed E-state index contributed by atoms with van der Waals surface area (Å²) in [6, 6.07) is -3.61. The number of nitrogens with one attached hydrogen (secondary N) is 1. The van der Waals surface area contributed by atoms with Gasteiger partial charge in [-0.05, 0) is 5.53 Å². The second kappa shape index (κ2) is 7.72. The number of carbonyl (C=O) groups excluding carboxylic acids is 1. The van der Waals surface area contributed by atoms with Crippen LogP contribution in [0.4, 0.5) is 0 Å². The zero-order valence-electron chi connectivity index (χ0n) is 12.4. The Bertz CT molecular complexity index is 540. The van der Waals surface area contributed by atoms with E-state index in [1.165, 1.54) is 0 Å². The summed E-state index contributed by atoms with van der Waals surface area (Å²) in [5, 5.41) is 63.0. The van der Waals surface area contributed by atoms with E-state index in [0.717, 1.165) is 6.92 Å². The molecule has 2 unspecified atom stereocenters. The molecular formula is C11H18N4O9. The Kier molecular flexibility index (Phi) is 6.45. The molecule has 0 aromatic rings. The minimum absolute atomic E-state index is 0.723. The number of aliphatic hydroxyl groups is 5. The molecule has 0 aromatic carbocycles. The Morgan fingerprint density at radius 2 is 2.04 bits per heavy atom. The summed E-state index contributed by atoms with van der Waals surface area (Å²) < 4.78 is 4.86. The fourth-order valence-electron chi connectivity index (χ4n) is 2.36. The van der Waals surface area contributed by atoms with Gasteiger partial charge in [0.25, 0.3) is 5.79 Å². The first-order valence-corrected chi connectivity index (χ1v) is 6.70. The molecule has 1 rings (SSSR count). The maximum Gasteiger partial charge on any atom is 0.364 e. The molecule has 13 heteroatoms. The number of ether oxygens (including phenoxy) is 1. The fraction of sp³-hybridized carbons (Fsp3) is 0.818. The molecule has 13 nitrogen and oxygen atoms in total. The quantitative estimate of drug-likeness (QED) is 0.142. The molecule has 136 valence electrons. The number of nitrogens with zero attached hydrogens (tertiary/aromatic N) is 3. The third-order valence-corrected chi connectivity index (χ3v) is 3.53. The number of azide groups is 1. The third kappa shape index (κ3) is 3.73. The number of aliphatic hydroxyl groups excluding tert-OH is 4. The van der Waals surface area contributed by atoms with Gasteiger partial charge in [0.2, 0.25) is 5.91 Å². The molecule has 0 saturated carbocycles. The van der Waals surface area contributed by atoms with Crippen molar-refractivity contribution in [3.05, 3.63) is 10.4 Å². The zero-order chi connectivity index (χ0) is 18.7. The molecule has 1 aliphatic rings. The molecule has 1 aliphatic heterocycles. The van der Waals surface area contributed by atoms with Crippen molar-refractivity contribution in [2.45, 2.75) is 49.2 Å². The highest BCUT2D eigenvalue weighted by molar-refractivity contribution is 5.77. The van der Waals surface area contributed by atoms with Crippen LogP contribution >= 0.6 is 0 Å². The Balaban J connectivity index is 3.36. The summed E-state index contributed by atoms with van der Waals surface area (Å²) in [6.07, 6.45) is -7.63. The van der Waals surface area contributed by atoms with Gasteiger partial charge in [-0.3, -0.25) is 4.79 Å². The van der Waals surface area contributed by atoms with Crippen LogP contribution in [0.3, 0.4) is 0 Å². The van der Waals surface area contributed by atoms with E-state index in [9.17, 15) is 30.0 Å². The number of carboxylic acid groups (broad SMARTS) is 1. The van der Waals surface area contributed by atoms with Crippen molar-refractivity contribution in [1.29, 1.82) is 0 Å². The summed E-state index contributed by atoms with van der Waals surface area (Å²) in [4.78, 5) is 24.9. The minimum atomic E-state index is -3.23. The van der Waals surface area contributed by atoms with E-state index in [-0.39, 0.29) is 0 Å². The molecule has 24 heavy (non-hydrogen) atoms. The maximum absolute atomic E-state index is 11.3. The van der Waals surface area contributed by atoms with Crippen molar-refractivity contribution in [1.82, 2.24) is 5.32 Å². The molecular weight excluding hydrogens is 332 g/mol. The molecule has 0 spiro atoms. The summed E-state index contributed by atoms with van der Waals surface area (Å²) in [7, 11) is 0. The lowest BCUT2D eigenvalue weighted by atomic mass is 9.85. The van der Waals surface area contributed by atoms with Gasteiger partial charge in [-0.2, -0.15) is 0 Å². The topological polar surface area (TPSA) is 226 Å². The zero-order valence-corrected chi connectivity index (χ0v) is 12.4. The van der Waals surface area contributed by atoms with Gasteiger partial charge in [-0.1, -0.05) is 5.11 Å². The molecule has 1 fully saturated rings. The van der Waals surface area contributed by atoms with Crippen LogP contribution in [0.2, 0.25) is 0 Å². The van der Waals surface area contributed by atoms with Crippen LogP contribution in [0.15, 0.2) is 5.11 Å². The Morgan fingerprint density at radius 3 is 2.46 bits per heavy atom. The van der Waals surface area contributed by atoms with E-state index >= 15 is 0 Å². The number of aliphatic carboxylic acids is 1. The summed E-state index contributed by atoms with van der Waals surface area (Å²) >= 11 is 0. The largest absolute Gasteiger partial charge is 0.477 e. The molecule has 1 heterocycles. The van der Waals surface area contributed by atoms with Gasteiger partial charge in [0.1, 0.15) is 24.4 Å². The lowest BCUT2D eigenvalue weighted by Gasteiger charge is -2.47. The van der Waals surface area contributed by atoms with Crippen LogP contribution in [0.25, 0.3) is 10.4 Å². The van der Waals surface area contributed by atoms with Crippen molar-refractivity contribution >= 4 is 11.9 Å². The van der Waals surface area contributed by atoms with Crippen molar-refractivity contribution < 1.29 is 45.0 Å².